The molecule has 18 heavy (non-hydrogen) atoms. The van der Waals surface area contributed by atoms with Gasteiger partial charge in [-0.05, 0) is 32.4 Å². The molecule has 0 saturated carbocycles. The van der Waals surface area contributed by atoms with Crippen LogP contribution in [-0.2, 0) is 0 Å². The molecule has 0 fully saturated rings. The first-order valence-corrected chi connectivity index (χ1v) is 6.37. The van der Waals surface area contributed by atoms with Crippen LogP contribution >= 0.6 is 0 Å². The van der Waals surface area contributed by atoms with E-state index in [2.05, 4.69) is 29.5 Å². The summed E-state index contributed by atoms with van der Waals surface area (Å²) >= 11 is 0. The number of aliphatic imine (C=N–C) groups is 1. The summed E-state index contributed by atoms with van der Waals surface area (Å²) in [6.07, 6.45) is 0.938. The molecule has 1 rings (SSSR count). The van der Waals surface area contributed by atoms with Gasteiger partial charge >= 0.3 is 0 Å². The Kier molecular flexibility index (Phi) is 6.69. The quantitative estimate of drug-likeness (QED) is 0.461. The van der Waals surface area contributed by atoms with Crippen LogP contribution in [0.25, 0.3) is 0 Å². The van der Waals surface area contributed by atoms with E-state index in [9.17, 15) is 0 Å². The molecule has 0 unspecified atom stereocenters. The fourth-order valence-corrected chi connectivity index (χ4v) is 1.45. The lowest BCUT2D eigenvalue weighted by Crippen LogP contribution is -2.41. The number of benzene rings is 1. The summed E-state index contributed by atoms with van der Waals surface area (Å²) in [4.78, 5) is 4.14. The standard InChI is InChI=1S/C14H23N3O/c1-12(2)17-14(15-3)16-10-7-11-18-13-8-5-4-6-9-13/h4-6,8-9,12H,7,10-11H2,1-3H3,(H2,15,16,17). The Morgan fingerprint density at radius 1 is 1.28 bits per heavy atom. The van der Waals surface area contributed by atoms with E-state index in [1.54, 1.807) is 7.05 Å². The lowest BCUT2D eigenvalue weighted by atomic mass is 10.3. The second kappa shape index (κ2) is 8.39. The molecular weight excluding hydrogens is 226 g/mol. The Balaban J connectivity index is 2.11. The van der Waals surface area contributed by atoms with E-state index in [1.165, 1.54) is 0 Å². The summed E-state index contributed by atoms with van der Waals surface area (Å²) in [5, 5.41) is 6.48. The second-order valence-electron chi connectivity index (χ2n) is 4.31. The molecule has 0 spiro atoms. The predicted molar refractivity (Wildman–Crippen MR) is 76.2 cm³/mol. The van der Waals surface area contributed by atoms with Crippen molar-refractivity contribution in [2.75, 3.05) is 20.2 Å². The van der Waals surface area contributed by atoms with Crippen molar-refractivity contribution in [3.05, 3.63) is 30.3 Å². The summed E-state index contributed by atoms with van der Waals surface area (Å²) in [7, 11) is 1.78. The van der Waals surface area contributed by atoms with Crippen LogP contribution in [0.3, 0.4) is 0 Å². The van der Waals surface area contributed by atoms with Gasteiger partial charge in [0.2, 0.25) is 0 Å². The van der Waals surface area contributed by atoms with E-state index in [0.29, 0.717) is 12.6 Å². The highest BCUT2D eigenvalue weighted by atomic mass is 16.5. The van der Waals surface area contributed by atoms with Crippen molar-refractivity contribution in [2.45, 2.75) is 26.3 Å². The van der Waals surface area contributed by atoms with Gasteiger partial charge in [0.15, 0.2) is 5.96 Å². The molecule has 0 amide bonds. The second-order valence-corrected chi connectivity index (χ2v) is 4.31. The molecule has 0 atom stereocenters. The third kappa shape index (κ3) is 6.13. The van der Waals surface area contributed by atoms with E-state index in [1.807, 2.05) is 30.3 Å². The number of guanidine groups is 1. The van der Waals surface area contributed by atoms with Crippen LogP contribution in [0.2, 0.25) is 0 Å². The molecule has 0 saturated heterocycles. The molecule has 1 aromatic carbocycles. The maximum atomic E-state index is 5.60. The van der Waals surface area contributed by atoms with Gasteiger partial charge in [0.05, 0.1) is 6.61 Å². The van der Waals surface area contributed by atoms with Crippen LogP contribution < -0.4 is 15.4 Å². The Hall–Kier alpha value is -1.71. The molecule has 0 aromatic heterocycles. The lowest BCUT2D eigenvalue weighted by Gasteiger charge is -2.14. The molecule has 0 heterocycles. The summed E-state index contributed by atoms with van der Waals surface area (Å²) in [6.45, 7) is 5.73. The lowest BCUT2D eigenvalue weighted by molar-refractivity contribution is 0.311. The van der Waals surface area contributed by atoms with E-state index in [-0.39, 0.29) is 0 Å². The van der Waals surface area contributed by atoms with Crippen molar-refractivity contribution in [3.8, 4) is 5.75 Å². The molecule has 0 aliphatic heterocycles. The van der Waals surface area contributed by atoms with Crippen molar-refractivity contribution in [1.82, 2.24) is 10.6 Å². The highest BCUT2D eigenvalue weighted by Gasteiger charge is 1.98. The number of ether oxygens (including phenoxy) is 1. The number of hydrogen-bond acceptors (Lipinski definition) is 2. The number of nitrogens with zero attached hydrogens (tertiary/aromatic N) is 1. The van der Waals surface area contributed by atoms with Gasteiger partial charge in [-0.15, -0.1) is 0 Å². The third-order valence-corrected chi connectivity index (χ3v) is 2.27. The van der Waals surface area contributed by atoms with Crippen molar-refractivity contribution in [3.63, 3.8) is 0 Å². The van der Waals surface area contributed by atoms with Gasteiger partial charge in [0, 0.05) is 19.6 Å². The summed E-state index contributed by atoms with van der Waals surface area (Å²) in [5.74, 6) is 1.76. The Morgan fingerprint density at radius 2 is 2.00 bits per heavy atom. The van der Waals surface area contributed by atoms with Gasteiger partial charge in [0.1, 0.15) is 5.75 Å². The zero-order valence-corrected chi connectivity index (χ0v) is 11.4. The fraction of sp³-hybridized carbons (Fsp3) is 0.500. The molecule has 0 aliphatic carbocycles. The van der Waals surface area contributed by atoms with Crippen molar-refractivity contribution >= 4 is 5.96 Å². The van der Waals surface area contributed by atoms with Crippen LogP contribution in [0.15, 0.2) is 35.3 Å². The monoisotopic (exact) mass is 249 g/mol. The third-order valence-electron chi connectivity index (χ3n) is 2.27. The minimum atomic E-state index is 0.386. The largest absolute Gasteiger partial charge is 0.494 e. The van der Waals surface area contributed by atoms with Crippen LogP contribution in [0.4, 0.5) is 0 Å². The normalized spacial score (nSPS) is 11.4. The minimum absolute atomic E-state index is 0.386. The first kappa shape index (κ1) is 14.4. The van der Waals surface area contributed by atoms with Crippen LogP contribution in [0.1, 0.15) is 20.3 Å². The van der Waals surface area contributed by atoms with Crippen molar-refractivity contribution < 1.29 is 4.74 Å². The highest BCUT2D eigenvalue weighted by molar-refractivity contribution is 5.79. The van der Waals surface area contributed by atoms with Gasteiger partial charge in [-0.3, -0.25) is 4.99 Å². The van der Waals surface area contributed by atoms with Gasteiger partial charge in [-0.1, -0.05) is 18.2 Å². The number of rotatable bonds is 6. The first-order valence-electron chi connectivity index (χ1n) is 6.37. The molecule has 2 N–H and O–H groups in total. The van der Waals surface area contributed by atoms with Gasteiger partial charge in [-0.2, -0.15) is 0 Å². The molecular formula is C14H23N3O. The molecule has 1 aromatic rings. The zero-order chi connectivity index (χ0) is 13.2. The molecule has 4 nitrogen and oxygen atoms in total. The van der Waals surface area contributed by atoms with E-state index in [4.69, 9.17) is 4.74 Å². The van der Waals surface area contributed by atoms with E-state index >= 15 is 0 Å². The summed E-state index contributed by atoms with van der Waals surface area (Å²) in [6, 6.07) is 10.2. The number of para-hydroxylation sites is 1. The predicted octanol–water partition coefficient (Wildman–Crippen LogP) is 2.03. The van der Waals surface area contributed by atoms with Crippen molar-refractivity contribution in [2.24, 2.45) is 4.99 Å². The molecule has 100 valence electrons. The molecule has 0 aliphatic rings. The average molecular weight is 249 g/mol. The maximum Gasteiger partial charge on any atom is 0.191 e. The Morgan fingerprint density at radius 3 is 2.61 bits per heavy atom. The molecule has 0 bridgehead atoms. The van der Waals surface area contributed by atoms with Gasteiger partial charge in [-0.25, -0.2) is 0 Å². The molecule has 4 heteroatoms. The Bertz CT molecular complexity index is 349. The van der Waals surface area contributed by atoms with E-state index < -0.39 is 0 Å². The van der Waals surface area contributed by atoms with Gasteiger partial charge in [0.25, 0.3) is 0 Å². The Labute approximate surface area is 109 Å². The van der Waals surface area contributed by atoms with Crippen LogP contribution in [0, 0.1) is 0 Å². The first-order chi connectivity index (χ1) is 8.72. The SMILES string of the molecule is CN=C(NCCCOc1ccccc1)NC(C)C. The molecule has 0 radical (unpaired) electrons. The maximum absolute atomic E-state index is 5.60. The number of nitrogens with one attached hydrogen (secondary N) is 2. The summed E-state index contributed by atoms with van der Waals surface area (Å²) in [5.41, 5.74) is 0. The highest BCUT2D eigenvalue weighted by Crippen LogP contribution is 2.07. The van der Waals surface area contributed by atoms with E-state index in [0.717, 1.165) is 24.7 Å². The minimum Gasteiger partial charge on any atom is -0.494 e. The smallest absolute Gasteiger partial charge is 0.191 e. The van der Waals surface area contributed by atoms with Crippen molar-refractivity contribution in [1.29, 1.82) is 0 Å². The zero-order valence-electron chi connectivity index (χ0n) is 11.4. The average Bonchev–Trinajstić information content (AvgIpc) is 2.37. The topological polar surface area (TPSA) is 45.7 Å². The van der Waals surface area contributed by atoms with Crippen LogP contribution in [-0.4, -0.2) is 32.2 Å². The number of hydrogen-bond donors (Lipinski definition) is 2. The van der Waals surface area contributed by atoms with Gasteiger partial charge < -0.3 is 15.4 Å². The summed E-state index contributed by atoms with van der Waals surface area (Å²) < 4.78 is 5.60. The fourth-order valence-electron chi connectivity index (χ4n) is 1.45. The van der Waals surface area contributed by atoms with Crippen LogP contribution in [0.5, 0.6) is 5.75 Å².